The number of methoxy groups -OCH3 is 1. The van der Waals surface area contributed by atoms with Gasteiger partial charge in [0.25, 0.3) is 5.91 Å². The van der Waals surface area contributed by atoms with Gasteiger partial charge in [-0.2, -0.15) is 0 Å². The van der Waals surface area contributed by atoms with Crippen LogP contribution in [-0.4, -0.2) is 56.0 Å². The first-order valence-electron chi connectivity index (χ1n) is 9.43. The Kier molecular flexibility index (Phi) is 5.43. The summed E-state index contributed by atoms with van der Waals surface area (Å²) >= 11 is 6.07. The van der Waals surface area contributed by atoms with Gasteiger partial charge in [-0.1, -0.05) is 11.6 Å². The zero-order chi connectivity index (χ0) is 20.5. The van der Waals surface area contributed by atoms with Crippen molar-refractivity contribution in [1.82, 2.24) is 4.90 Å². The second-order valence-corrected chi connectivity index (χ2v) is 7.54. The van der Waals surface area contributed by atoms with Crippen molar-refractivity contribution >= 4 is 34.8 Å². The third-order valence-electron chi connectivity index (χ3n) is 5.45. The average molecular weight is 418 g/mol. The van der Waals surface area contributed by atoms with Crippen molar-refractivity contribution in [1.29, 1.82) is 0 Å². The SMILES string of the molecule is COc1ccc(Cl)cc1N1C(=O)C[C@H](N2CCN(c3ccc(F)cc3)CC2)C1=O. The normalized spacial score (nSPS) is 20.4. The molecule has 0 saturated carbocycles. The number of amides is 2. The summed E-state index contributed by atoms with van der Waals surface area (Å²) in [6.45, 7) is 2.68. The maximum absolute atomic E-state index is 13.1. The fourth-order valence-corrected chi connectivity index (χ4v) is 4.10. The van der Waals surface area contributed by atoms with Crippen molar-refractivity contribution in [3.8, 4) is 5.75 Å². The van der Waals surface area contributed by atoms with Crippen molar-refractivity contribution in [3.63, 3.8) is 0 Å². The van der Waals surface area contributed by atoms with E-state index in [0.717, 1.165) is 5.69 Å². The monoisotopic (exact) mass is 417 g/mol. The lowest BCUT2D eigenvalue weighted by Gasteiger charge is -2.38. The zero-order valence-electron chi connectivity index (χ0n) is 16.0. The Morgan fingerprint density at radius 3 is 2.38 bits per heavy atom. The van der Waals surface area contributed by atoms with Crippen LogP contribution >= 0.6 is 11.6 Å². The Balaban J connectivity index is 1.47. The smallest absolute Gasteiger partial charge is 0.251 e. The molecule has 0 radical (unpaired) electrons. The standard InChI is InChI=1S/C21H21ClFN3O3/c1-29-19-7-2-14(22)12-17(19)26-20(27)13-18(21(26)28)25-10-8-24(9-11-25)16-5-3-15(23)4-6-16/h2-7,12,18H,8-11,13H2,1H3/t18-/m0/s1. The van der Waals surface area contributed by atoms with Gasteiger partial charge in [0.15, 0.2) is 0 Å². The summed E-state index contributed by atoms with van der Waals surface area (Å²) < 4.78 is 18.4. The number of ether oxygens (including phenoxy) is 1. The van der Waals surface area contributed by atoms with Crippen LogP contribution in [0.25, 0.3) is 0 Å². The number of hydrogen-bond acceptors (Lipinski definition) is 5. The topological polar surface area (TPSA) is 53.1 Å². The van der Waals surface area contributed by atoms with E-state index < -0.39 is 6.04 Å². The summed E-state index contributed by atoms with van der Waals surface area (Å²) in [5.41, 5.74) is 1.33. The maximum atomic E-state index is 13.1. The molecule has 2 amide bonds. The van der Waals surface area contributed by atoms with Gasteiger partial charge in [-0.3, -0.25) is 14.5 Å². The summed E-state index contributed by atoms with van der Waals surface area (Å²) in [7, 11) is 1.49. The molecule has 29 heavy (non-hydrogen) atoms. The largest absolute Gasteiger partial charge is 0.495 e. The lowest BCUT2D eigenvalue weighted by Crippen LogP contribution is -2.52. The van der Waals surface area contributed by atoms with Crippen LogP contribution < -0.4 is 14.5 Å². The van der Waals surface area contributed by atoms with Crippen LogP contribution in [-0.2, 0) is 9.59 Å². The molecule has 0 N–H and O–H groups in total. The minimum Gasteiger partial charge on any atom is -0.495 e. The van der Waals surface area contributed by atoms with Gasteiger partial charge in [0, 0.05) is 36.9 Å². The maximum Gasteiger partial charge on any atom is 0.251 e. The first-order valence-corrected chi connectivity index (χ1v) is 9.80. The Morgan fingerprint density at radius 1 is 1.03 bits per heavy atom. The first kappa shape index (κ1) is 19.7. The molecule has 2 fully saturated rings. The summed E-state index contributed by atoms with van der Waals surface area (Å²) in [5.74, 6) is -0.357. The summed E-state index contributed by atoms with van der Waals surface area (Å²) in [4.78, 5) is 31.1. The molecule has 2 heterocycles. The molecule has 4 rings (SSSR count). The molecule has 0 unspecified atom stereocenters. The average Bonchev–Trinajstić information content (AvgIpc) is 3.02. The predicted molar refractivity (Wildman–Crippen MR) is 109 cm³/mol. The zero-order valence-corrected chi connectivity index (χ0v) is 16.7. The molecule has 0 aliphatic carbocycles. The molecular formula is C21H21ClFN3O3. The highest BCUT2D eigenvalue weighted by Crippen LogP contribution is 2.35. The number of imide groups is 1. The van der Waals surface area contributed by atoms with E-state index in [-0.39, 0.29) is 24.1 Å². The quantitative estimate of drug-likeness (QED) is 0.716. The highest BCUT2D eigenvalue weighted by Gasteiger charge is 2.44. The van der Waals surface area contributed by atoms with Crippen LogP contribution in [0.2, 0.25) is 5.02 Å². The van der Waals surface area contributed by atoms with E-state index in [0.29, 0.717) is 42.6 Å². The molecule has 2 aliphatic heterocycles. The molecule has 6 nitrogen and oxygen atoms in total. The van der Waals surface area contributed by atoms with E-state index >= 15 is 0 Å². The lowest BCUT2D eigenvalue weighted by atomic mass is 10.1. The molecule has 8 heteroatoms. The van der Waals surface area contributed by atoms with Crippen LogP contribution in [0, 0.1) is 5.82 Å². The number of benzene rings is 2. The van der Waals surface area contributed by atoms with Crippen LogP contribution in [0.5, 0.6) is 5.75 Å². The highest BCUT2D eigenvalue weighted by molar-refractivity contribution is 6.31. The van der Waals surface area contributed by atoms with Gasteiger partial charge in [0.2, 0.25) is 5.91 Å². The summed E-state index contributed by atoms with van der Waals surface area (Å²) in [6.07, 6.45) is 0.130. The van der Waals surface area contributed by atoms with E-state index in [9.17, 15) is 14.0 Å². The fraction of sp³-hybridized carbons (Fsp3) is 0.333. The fourth-order valence-electron chi connectivity index (χ4n) is 3.94. The molecule has 2 aliphatic rings. The van der Waals surface area contributed by atoms with E-state index in [2.05, 4.69) is 4.90 Å². The highest BCUT2D eigenvalue weighted by atomic mass is 35.5. The van der Waals surface area contributed by atoms with E-state index in [4.69, 9.17) is 16.3 Å². The van der Waals surface area contributed by atoms with Gasteiger partial charge in [-0.15, -0.1) is 0 Å². The Bertz CT molecular complexity index is 929. The third-order valence-corrected chi connectivity index (χ3v) is 5.69. The minimum atomic E-state index is -0.499. The van der Waals surface area contributed by atoms with Gasteiger partial charge < -0.3 is 9.64 Å². The molecule has 0 aromatic heterocycles. The number of carbonyl (C=O) groups excluding carboxylic acids is 2. The molecule has 2 aromatic rings. The van der Waals surface area contributed by atoms with E-state index in [1.165, 1.54) is 24.1 Å². The summed E-state index contributed by atoms with van der Waals surface area (Å²) in [5, 5.41) is 0.428. The number of hydrogen-bond donors (Lipinski definition) is 0. The van der Waals surface area contributed by atoms with Gasteiger partial charge in [0.05, 0.1) is 25.3 Å². The van der Waals surface area contributed by atoms with Crippen LogP contribution in [0.4, 0.5) is 15.8 Å². The number of nitrogens with zero attached hydrogens (tertiary/aromatic N) is 3. The molecule has 2 saturated heterocycles. The van der Waals surface area contributed by atoms with Gasteiger partial charge in [0.1, 0.15) is 11.6 Å². The van der Waals surface area contributed by atoms with Crippen LogP contribution in [0.3, 0.4) is 0 Å². The van der Waals surface area contributed by atoms with Crippen molar-refractivity contribution in [2.75, 3.05) is 43.1 Å². The Morgan fingerprint density at radius 2 is 1.72 bits per heavy atom. The van der Waals surface area contributed by atoms with Crippen molar-refractivity contribution in [3.05, 3.63) is 53.3 Å². The third kappa shape index (κ3) is 3.80. The minimum absolute atomic E-state index is 0.130. The lowest BCUT2D eigenvalue weighted by molar-refractivity contribution is -0.123. The summed E-state index contributed by atoms with van der Waals surface area (Å²) in [6, 6.07) is 10.8. The first-order chi connectivity index (χ1) is 14.0. The second-order valence-electron chi connectivity index (χ2n) is 7.10. The molecule has 1 atom stereocenters. The number of anilines is 2. The molecule has 0 spiro atoms. The number of rotatable bonds is 4. The van der Waals surface area contributed by atoms with Crippen LogP contribution in [0.1, 0.15) is 6.42 Å². The predicted octanol–water partition coefficient (Wildman–Crippen LogP) is 2.94. The van der Waals surface area contributed by atoms with Crippen molar-refractivity contribution < 1.29 is 18.7 Å². The number of carbonyl (C=O) groups is 2. The molecule has 2 aromatic carbocycles. The van der Waals surface area contributed by atoms with E-state index in [1.807, 2.05) is 4.90 Å². The van der Waals surface area contributed by atoms with Crippen molar-refractivity contribution in [2.24, 2.45) is 0 Å². The van der Waals surface area contributed by atoms with E-state index in [1.54, 1.807) is 30.3 Å². The van der Waals surface area contributed by atoms with Gasteiger partial charge >= 0.3 is 0 Å². The molecule has 152 valence electrons. The Labute approximate surface area is 173 Å². The second kappa shape index (κ2) is 8.00. The van der Waals surface area contributed by atoms with Gasteiger partial charge in [-0.05, 0) is 42.5 Å². The molecule has 0 bridgehead atoms. The van der Waals surface area contributed by atoms with Crippen molar-refractivity contribution in [2.45, 2.75) is 12.5 Å². The number of halogens is 2. The Hall–Kier alpha value is -2.64. The number of piperazine rings is 1. The van der Waals surface area contributed by atoms with Crippen LogP contribution in [0.15, 0.2) is 42.5 Å². The van der Waals surface area contributed by atoms with Gasteiger partial charge in [-0.25, -0.2) is 9.29 Å². The molecular weight excluding hydrogens is 397 g/mol.